The Morgan fingerprint density at radius 3 is 0.955 bits per heavy atom. The summed E-state index contributed by atoms with van der Waals surface area (Å²) in [5, 5.41) is 11.8. The summed E-state index contributed by atoms with van der Waals surface area (Å²) < 4.78 is 0. The van der Waals surface area contributed by atoms with Gasteiger partial charge in [0.05, 0.1) is 0 Å². The van der Waals surface area contributed by atoms with Gasteiger partial charge in [-0.3, -0.25) is 0 Å². The zero-order valence-electron chi connectivity index (χ0n) is 14.4. The van der Waals surface area contributed by atoms with Crippen molar-refractivity contribution < 1.29 is 0 Å². The minimum Gasteiger partial charge on any atom is -0.325 e. The summed E-state index contributed by atoms with van der Waals surface area (Å²) in [4.78, 5) is 0. The van der Waals surface area contributed by atoms with E-state index in [9.17, 15) is 0 Å². The van der Waals surface area contributed by atoms with Gasteiger partial charge in [-0.1, -0.05) is 57.8 Å². The maximum Gasteiger partial charge on any atom is 0.395 e. The van der Waals surface area contributed by atoms with Gasteiger partial charge in [-0.05, 0) is 56.7 Å². The van der Waals surface area contributed by atoms with Crippen LogP contribution in [0.2, 0.25) is 0 Å². The van der Waals surface area contributed by atoms with Crippen molar-refractivity contribution in [3.05, 3.63) is 0 Å². The Labute approximate surface area is 137 Å². The minimum atomic E-state index is 0.342. The van der Waals surface area contributed by atoms with Gasteiger partial charge in [0.1, 0.15) is 0 Å². The minimum absolute atomic E-state index is 0.342. The number of hydrogen-bond acceptors (Lipinski definition) is 3. The zero-order valence-corrected chi connectivity index (χ0v) is 14.4. The van der Waals surface area contributed by atoms with Crippen LogP contribution in [-0.2, 0) is 0 Å². The zero-order chi connectivity index (χ0) is 15.0. The highest BCUT2D eigenvalue weighted by Crippen LogP contribution is 2.21. The highest BCUT2D eigenvalue weighted by atomic mass is 15.1. The molecule has 3 aliphatic rings. The first-order chi connectivity index (χ1) is 10.9. The van der Waals surface area contributed by atoms with Crippen LogP contribution in [0.15, 0.2) is 0 Å². The molecule has 0 aromatic carbocycles. The molecule has 0 amide bonds. The summed E-state index contributed by atoms with van der Waals surface area (Å²) in [6.45, 7) is 0. The van der Waals surface area contributed by atoms with Crippen molar-refractivity contribution in [2.45, 2.75) is 114 Å². The summed E-state index contributed by atoms with van der Waals surface area (Å²) in [6, 6.07) is 2.18. The summed E-state index contributed by atoms with van der Waals surface area (Å²) in [7, 11) is 0.342. The van der Waals surface area contributed by atoms with Gasteiger partial charge in [0.2, 0.25) is 0 Å². The van der Waals surface area contributed by atoms with Crippen molar-refractivity contribution in [2.24, 2.45) is 0 Å². The molecule has 3 saturated carbocycles. The van der Waals surface area contributed by atoms with E-state index in [-0.39, 0.29) is 0 Å². The van der Waals surface area contributed by atoms with Crippen LogP contribution in [0.25, 0.3) is 0 Å². The highest BCUT2D eigenvalue weighted by molar-refractivity contribution is 6.50. The third-order valence-corrected chi connectivity index (χ3v) is 6.02. The third-order valence-electron chi connectivity index (χ3n) is 6.02. The van der Waals surface area contributed by atoms with Gasteiger partial charge in [0.15, 0.2) is 0 Å². The Morgan fingerprint density at radius 2 is 0.682 bits per heavy atom. The molecule has 4 heteroatoms. The van der Waals surface area contributed by atoms with Crippen molar-refractivity contribution >= 4 is 7.12 Å². The summed E-state index contributed by atoms with van der Waals surface area (Å²) >= 11 is 0. The van der Waals surface area contributed by atoms with Crippen molar-refractivity contribution in [3.8, 4) is 0 Å². The van der Waals surface area contributed by atoms with E-state index in [1.54, 1.807) is 0 Å². The smallest absolute Gasteiger partial charge is 0.325 e. The van der Waals surface area contributed by atoms with Gasteiger partial charge in [0.25, 0.3) is 0 Å². The summed E-state index contributed by atoms with van der Waals surface area (Å²) in [5.41, 5.74) is 0. The van der Waals surface area contributed by atoms with E-state index in [0.717, 1.165) is 18.1 Å². The number of nitrogens with one attached hydrogen (secondary N) is 3. The normalized spacial score (nSPS) is 26.2. The highest BCUT2D eigenvalue weighted by Gasteiger charge is 2.28. The fourth-order valence-corrected chi connectivity index (χ4v) is 4.66. The molecular weight excluding hydrogens is 269 g/mol. The average molecular weight is 305 g/mol. The molecular formula is C18H36BN3. The van der Waals surface area contributed by atoms with Gasteiger partial charge in [-0.15, -0.1) is 0 Å². The van der Waals surface area contributed by atoms with Crippen LogP contribution in [0, 0.1) is 0 Å². The molecule has 0 unspecified atom stereocenters. The van der Waals surface area contributed by atoms with E-state index in [1.165, 1.54) is 96.3 Å². The lowest BCUT2D eigenvalue weighted by atomic mass is 9.81. The molecule has 0 aromatic rings. The summed E-state index contributed by atoms with van der Waals surface area (Å²) in [5.74, 6) is 0. The molecule has 0 heterocycles. The maximum absolute atomic E-state index is 3.93. The van der Waals surface area contributed by atoms with Crippen LogP contribution in [0.3, 0.4) is 0 Å². The molecule has 0 aliphatic heterocycles. The van der Waals surface area contributed by atoms with E-state index in [0.29, 0.717) is 7.12 Å². The van der Waals surface area contributed by atoms with Crippen LogP contribution in [0.5, 0.6) is 0 Å². The molecule has 126 valence electrons. The lowest BCUT2D eigenvalue weighted by molar-refractivity contribution is 0.375. The van der Waals surface area contributed by atoms with Crippen LogP contribution in [0.1, 0.15) is 96.3 Å². The second kappa shape index (κ2) is 9.29. The predicted molar refractivity (Wildman–Crippen MR) is 95.8 cm³/mol. The molecule has 3 rings (SSSR count). The Morgan fingerprint density at radius 1 is 0.409 bits per heavy atom. The topological polar surface area (TPSA) is 36.1 Å². The Kier molecular flexibility index (Phi) is 7.09. The van der Waals surface area contributed by atoms with Crippen LogP contribution < -0.4 is 15.7 Å². The Balaban J connectivity index is 1.50. The predicted octanol–water partition coefficient (Wildman–Crippen LogP) is 3.74. The molecule has 0 atom stereocenters. The quantitative estimate of drug-likeness (QED) is 0.654. The fraction of sp³-hybridized carbons (Fsp3) is 1.00. The van der Waals surface area contributed by atoms with Crippen molar-refractivity contribution in [3.63, 3.8) is 0 Å². The Hall–Kier alpha value is -0.0551. The largest absolute Gasteiger partial charge is 0.395 e. The lowest BCUT2D eigenvalue weighted by Gasteiger charge is -2.34. The van der Waals surface area contributed by atoms with E-state index in [4.69, 9.17) is 0 Å². The van der Waals surface area contributed by atoms with Crippen molar-refractivity contribution in [1.29, 1.82) is 0 Å². The SMILES string of the molecule is C1CCC(NB(NC2CCCCC2)NC2CCCCC2)CC1. The molecule has 0 radical (unpaired) electrons. The van der Waals surface area contributed by atoms with Gasteiger partial charge in [-0.25, -0.2) is 0 Å². The van der Waals surface area contributed by atoms with Gasteiger partial charge >= 0.3 is 7.12 Å². The van der Waals surface area contributed by atoms with Crippen molar-refractivity contribution in [1.82, 2.24) is 15.7 Å². The molecule has 22 heavy (non-hydrogen) atoms. The second-order valence-corrected chi connectivity index (χ2v) is 7.94. The third kappa shape index (κ3) is 5.54. The van der Waals surface area contributed by atoms with Crippen molar-refractivity contribution in [2.75, 3.05) is 0 Å². The van der Waals surface area contributed by atoms with E-state index < -0.39 is 0 Å². The molecule has 3 nitrogen and oxygen atoms in total. The van der Waals surface area contributed by atoms with E-state index >= 15 is 0 Å². The molecule has 0 spiro atoms. The summed E-state index contributed by atoms with van der Waals surface area (Å²) in [6.07, 6.45) is 21.0. The number of hydrogen-bond donors (Lipinski definition) is 3. The van der Waals surface area contributed by atoms with Crippen LogP contribution in [0.4, 0.5) is 0 Å². The molecule has 3 aliphatic carbocycles. The van der Waals surface area contributed by atoms with Gasteiger partial charge in [-0.2, -0.15) is 0 Å². The van der Waals surface area contributed by atoms with Gasteiger partial charge < -0.3 is 15.7 Å². The van der Waals surface area contributed by atoms with Crippen LogP contribution >= 0.6 is 0 Å². The van der Waals surface area contributed by atoms with E-state index in [1.807, 2.05) is 0 Å². The van der Waals surface area contributed by atoms with E-state index in [2.05, 4.69) is 15.7 Å². The lowest BCUT2D eigenvalue weighted by Crippen LogP contribution is -2.66. The first-order valence-corrected chi connectivity index (χ1v) is 10.2. The van der Waals surface area contributed by atoms with Gasteiger partial charge in [0, 0.05) is 0 Å². The monoisotopic (exact) mass is 305 g/mol. The first kappa shape index (κ1) is 16.8. The Bertz CT molecular complexity index is 247. The average Bonchev–Trinajstić information content (AvgIpc) is 2.57. The fourth-order valence-electron chi connectivity index (χ4n) is 4.66. The first-order valence-electron chi connectivity index (χ1n) is 10.2. The standard InChI is InChI=1S/C18H36BN3/c1-4-10-16(11-5-1)20-19(21-17-12-6-2-7-13-17)22-18-14-8-3-9-15-18/h16-18,20-22H,1-15H2. The molecule has 0 aromatic heterocycles. The number of rotatable bonds is 6. The maximum atomic E-state index is 3.93. The molecule has 0 saturated heterocycles. The molecule has 0 bridgehead atoms. The second-order valence-electron chi connectivity index (χ2n) is 7.94. The van der Waals surface area contributed by atoms with Crippen LogP contribution in [-0.4, -0.2) is 25.2 Å². The molecule has 3 fully saturated rings. The molecule has 3 N–H and O–H groups in total.